The zero-order valence-electron chi connectivity index (χ0n) is 18.1. The van der Waals surface area contributed by atoms with Crippen LogP contribution < -0.4 is 16.4 Å². The van der Waals surface area contributed by atoms with E-state index in [4.69, 9.17) is 5.73 Å². The van der Waals surface area contributed by atoms with Gasteiger partial charge in [0.2, 0.25) is 17.7 Å². The van der Waals surface area contributed by atoms with Gasteiger partial charge in [-0.15, -0.1) is 0 Å². The smallest absolute Gasteiger partial charge is 0.257 e. The van der Waals surface area contributed by atoms with Crippen molar-refractivity contribution < 1.29 is 19.2 Å². The Hall–Kier alpha value is -2.69. The fourth-order valence-electron chi connectivity index (χ4n) is 3.93. The number of nitrogen functional groups attached to an aromatic ring is 1. The molecule has 1 aromatic carbocycles. The quantitative estimate of drug-likeness (QED) is 0.286. The summed E-state index contributed by atoms with van der Waals surface area (Å²) in [6.45, 7) is 3.75. The van der Waals surface area contributed by atoms with E-state index in [1.54, 1.807) is 18.2 Å². The molecular weight excluding hydrogens is 523 g/mol. The molecule has 1 saturated heterocycles. The Labute approximate surface area is 200 Å². The number of anilines is 1. The molecule has 0 bridgehead atoms. The fraction of sp³-hybridized carbons (Fsp3) is 0.391. The van der Waals surface area contributed by atoms with Gasteiger partial charge in [-0.05, 0) is 70.9 Å². The van der Waals surface area contributed by atoms with E-state index in [-0.39, 0.29) is 48.5 Å². The van der Waals surface area contributed by atoms with Crippen LogP contribution in [-0.4, -0.2) is 40.6 Å². The van der Waals surface area contributed by atoms with Crippen LogP contribution >= 0.6 is 22.6 Å². The van der Waals surface area contributed by atoms with E-state index in [1.165, 1.54) is 8.48 Å². The predicted octanol–water partition coefficient (Wildman–Crippen LogP) is 2.58. The van der Waals surface area contributed by atoms with Crippen LogP contribution in [0.4, 0.5) is 5.69 Å². The summed E-state index contributed by atoms with van der Waals surface area (Å²) < 4.78 is 1.20. The van der Waals surface area contributed by atoms with Gasteiger partial charge in [0.05, 0.1) is 5.56 Å². The van der Waals surface area contributed by atoms with Crippen LogP contribution in [-0.2, 0) is 20.9 Å². The van der Waals surface area contributed by atoms with Gasteiger partial charge in [-0.1, -0.05) is 24.3 Å². The number of amides is 4. The Morgan fingerprint density at radius 1 is 1.22 bits per heavy atom. The number of carbonyl (C=O) groups is 4. The van der Waals surface area contributed by atoms with Crippen LogP contribution in [0.5, 0.6) is 0 Å². The van der Waals surface area contributed by atoms with E-state index in [2.05, 4.69) is 33.2 Å². The summed E-state index contributed by atoms with van der Waals surface area (Å²) in [7, 11) is 0. The topological polar surface area (TPSA) is 122 Å². The summed E-state index contributed by atoms with van der Waals surface area (Å²) in [5, 5.41) is 5.19. The van der Waals surface area contributed by atoms with E-state index in [0.717, 1.165) is 6.42 Å². The molecule has 1 fully saturated rings. The zero-order chi connectivity index (χ0) is 23.4. The third-order valence-corrected chi connectivity index (χ3v) is 6.46. The average molecular weight is 550 g/mol. The van der Waals surface area contributed by atoms with Gasteiger partial charge in [0, 0.05) is 30.3 Å². The number of piperidine rings is 1. The normalized spacial score (nSPS) is 18.6. The van der Waals surface area contributed by atoms with E-state index >= 15 is 0 Å². The van der Waals surface area contributed by atoms with E-state index in [0.29, 0.717) is 17.6 Å². The number of nitrogens with two attached hydrogens (primary N) is 1. The number of carbonyl (C=O) groups excluding carboxylic acids is 4. The molecule has 1 atom stereocenters. The lowest BCUT2D eigenvalue weighted by molar-refractivity contribution is -0.137. The minimum absolute atomic E-state index is 0.129. The summed E-state index contributed by atoms with van der Waals surface area (Å²) in [6.07, 6.45) is 5.66. The minimum Gasteiger partial charge on any atom is -0.398 e. The van der Waals surface area contributed by atoms with Gasteiger partial charge >= 0.3 is 0 Å². The van der Waals surface area contributed by atoms with E-state index in [9.17, 15) is 19.2 Å². The molecule has 32 heavy (non-hydrogen) atoms. The Bertz CT molecular complexity index is 1020. The lowest BCUT2D eigenvalue weighted by atomic mass is 9.98. The van der Waals surface area contributed by atoms with Crippen LogP contribution in [0.15, 0.2) is 39.5 Å². The SMILES string of the molecule is CC(C)N(C(=O)c1c(N)cccc1CNC(=O)C1=CC=C(I)CC1)C1CCC(=O)NC1=O. The van der Waals surface area contributed by atoms with E-state index < -0.39 is 17.9 Å². The summed E-state index contributed by atoms with van der Waals surface area (Å²) >= 11 is 2.25. The second kappa shape index (κ2) is 10.3. The molecule has 9 heteroatoms. The Morgan fingerprint density at radius 2 is 1.97 bits per heavy atom. The standard InChI is InChI=1S/C23H27IN4O4/c1-13(2)28(18-10-11-19(29)27-22(18)31)23(32)20-15(4-3-5-17(20)25)12-26-21(30)14-6-8-16(24)9-7-14/h3-6,8,13,18H,7,9-12,25H2,1-2H3,(H,26,30)(H,27,29,31). The number of benzene rings is 1. The van der Waals surface area contributed by atoms with Crippen molar-refractivity contribution in [3.05, 3.63) is 50.6 Å². The Balaban J connectivity index is 1.84. The summed E-state index contributed by atoms with van der Waals surface area (Å²) in [5.41, 5.74) is 7.97. The Kier molecular flexibility index (Phi) is 7.70. The molecule has 0 spiro atoms. The zero-order valence-corrected chi connectivity index (χ0v) is 20.3. The van der Waals surface area contributed by atoms with Crippen molar-refractivity contribution in [3.8, 4) is 0 Å². The maximum atomic E-state index is 13.6. The highest BCUT2D eigenvalue weighted by atomic mass is 127. The molecule has 8 nitrogen and oxygen atoms in total. The first-order chi connectivity index (χ1) is 15.2. The van der Waals surface area contributed by atoms with Crippen LogP contribution in [0, 0.1) is 0 Å². The highest BCUT2D eigenvalue weighted by molar-refractivity contribution is 14.1. The second-order valence-corrected chi connectivity index (χ2v) is 9.53. The molecule has 1 heterocycles. The first-order valence-corrected chi connectivity index (χ1v) is 11.6. The second-order valence-electron chi connectivity index (χ2n) is 8.14. The number of nitrogens with zero attached hydrogens (tertiary/aromatic N) is 1. The van der Waals surface area contributed by atoms with Gasteiger partial charge in [0.25, 0.3) is 5.91 Å². The van der Waals surface area contributed by atoms with Gasteiger partial charge in [-0.3, -0.25) is 24.5 Å². The van der Waals surface area contributed by atoms with Crippen molar-refractivity contribution in [1.82, 2.24) is 15.5 Å². The lowest BCUT2D eigenvalue weighted by Crippen LogP contribution is -2.56. The number of halogens is 1. The van der Waals surface area contributed by atoms with Crippen molar-refractivity contribution in [2.45, 2.75) is 58.2 Å². The molecule has 1 aliphatic carbocycles. The molecule has 0 aromatic heterocycles. The third-order valence-electron chi connectivity index (χ3n) is 5.56. The predicted molar refractivity (Wildman–Crippen MR) is 130 cm³/mol. The number of hydrogen-bond donors (Lipinski definition) is 3. The number of imide groups is 1. The number of nitrogens with one attached hydrogen (secondary N) is 2. The largest absolute Gasteiger partial charge is 0.398 e. The number of rotatable bonds is 6. The van der Waals surface area contributed by atoms with Gasteiger partial charge in [-0.2, -0.15) is 0 Å². The first-order valence-electron chi connectivity index (χ1n) is 10.6. The van der Waals surface area contributed by atoms with Crippen LogP contribution in [0.25, 0.3) is 0 Å². The molecule has 1 aliphatic heterocycles. The van der Waals surface area contributed by atoms with Gasteiger partial charge in [-0.25, -0.2) is 0 Å². The molecular formula is C23H27IN4O4. The van der Waals surface area contributed by atoms with Crippen molar-refractivity contribution in [3.63, 3.8) is 0 Å². The Morgan fingerprint density at radius 3 is 2.59 bits per heavy atom. The maximum Gasteiger partial charge on any atom is 0.257 e. The van der Waals surface area contributed by atoms with Crippen molar-refractivity contribution >= 4 is 51.9 Å². The molecule has 0 radical (unpaired) electrons. The monoisotopic (exact) mass is 550 g/mol. The van der Waals surface area contributed by atoms with Gasteiger partial charge in [0.15, 0.2) is 0 Å². The fourth-order valence-corrected chi connectivity index (χ4v) is 4.38. The van der Waals surface area contributed by atoms with Crippen LogP contribution in [0.3, 0.4) is 0 Å². The lowest BCUT2D eigenvalue weighted by Gasteiger charge is -2.36. The highest BCUT2D eigenvalue weighted by Crippen LogP contribution is 2.26. The maximum absolute atomic E-state index is 13.6. The van der Waals surface area contributed by atoms with Gasteiger partial charge < -0.3 is 16.0 Å². The number of hydrogen-bond acceptors (Lipinski definition) is 5. The first kappa shape index (κ1) is 24.0. The van der Waals surface area contributed by atoms with E-state index in [1.807, 2.05) is 26.0 Å². The van der Waals surface area contributed by atoms with Crippen molar-refractivity contribution in [2.75, 3.05) is 5.73 Å². The molecule has 3 rings (SSSR count). The molecule has 170 valence electrons. The van der Waals surface area contributed by atoms with Crippen LogP contribution in [0.2, 0.25) is 0 Å². The molecule has 4 N–H and O–H groups in total. The van der Waals surface area contributed by atoms with Crippen molar-refractivity contribution in [1.29, 1.82) is 0 Å². The number of allylic oxidation sites excluding steroid dienone is 3. The van der Waals surface area contributed by atoms with Crippen LogP contribution in [0.1, 0.15) is 55.5 Å². The summed E-state index contributed by atoms with van der Waals surface area (Å²) in [5.74, 6) is -1.41. The molecule has 1 unspecified atom stereocenters. The molecule has 2 aliphatic rings. The molecule has 1 aromatic rings. The minimum atomic E-state index is -0.760. The van der Waals surface area contributed by atoms with Gasteiger partial charge in [0.1, 0.15) is 6.04 Å². The summed E-state index contributed by atoms with van der Waals surface area (Å²) in [4.78, 5) is 51.6. The highest BCUT2D eigenvalue weighted by Gasteiger charge is 2.37. The summed E-state index contributed by atoms with van der Waals surface area (Å²) in [6, 6.07) is 4.03. The average Bonchev–Trinajstić information content (AvgIpc) is 2.74. The van der Waals surface area contributed by atoms with Crippen molar-refractivity contribution in [2.24, 2.45) is 0 Å². The third kappa shape index (κ3) is 5.37. The molecule has 0 saturated carbocycles. The molecule has 4 amide bonds.